The second-order valence-corrected chi connectivity index (χ2v) is 22.5. The zero-order valence-electron chi connectivity index (χ0n) is 54.4. The maximum Gasteiger partial charge on any atom is 0.306 e. The summed E-state index contributed by atoms with van der Waals surface area (Å²) in [5.41, 5.74) is 0. The van der Waals surface area contributed by atoms with Crippen LogP contribution in [-0.4, -0.2) is 125 Å². The van der Waals surface area contributed by atoms with Gasteiger partial charge in [0.25, 0.3) is 0 Å². The van der Waals surface area contributed by atoms with Gasteiger partial charge >= 0.3 is 59.7 Å². The highest BCUT2D eigenvalue weighted by Crippen LogP contribution is 2.16. The van der Waals surface area contributed by atoms with Crippen LogP contribution < -0.4 is 0 Å². The molecule has 0 rings (SSSR count). The van der Waals surface area contributed by atoms with Crippen LogP contribution in [0, 0.1) is 0 Å². The quantitative estimate of drug-likeness (QED) is 0.0311. The Balaban J connectivity index is 4.90. The van der Waals surface area contributed by atoms with Gasteiger partial charge in [-0.2, -0.15) is 0 Å². The van der Waals surface area contributed by atoms with E-state index >= 15 is 0 Å². The van der Waals surface area contributed by atoms with Crippen molar-refractivity contribution in [2.45, 2.75) is 316 Å². The molecule has 0 saturated heterocycles. The van der Waals surface area contributed by atoms with Gasteiger partial charge < -0.3 is 47.4 Å². The van der Waals surface area contributed by atoms with Gasteiger partial charge in [0.15, 0.2) is 6.10 Å². The fraction of sp³-hybridized carbons (Fsp3) is 0.851. The molecular formula is C67H116O20. The smallest absolute Gasteiger partial charge is 0.306 e. The maximum absolute atomic E-state index is 12.9. The minimum absolute atomic E-state index is 0.0214. The molecule has 0 amide bonds. The highest BCUT2D eigenvalue weighted by atomic mass is 16.6. The summed E-state index contributed by atoms with van der Waals surface area (Å²) in [5, 5.41) is 0. The molecule has 0 aromatic heterocycles. The van der Waals surface area contributed by atoms with Gasteiger partial charge in [0.05, 0.1) is 39.6 Å². The molecule has 0 fully saturated rings. The van der Waals surface area contributed by atoms with E-state index in [0.717, 1.165) is 135 Å². The standard InChI is InChI=1S/C67H116O20/c1-5-9-48-78-58(68)36-26-17-13-18-29-39-62(72)82-52-46-56(86-66(76)44-32-23-15-20-27-37-59(69)79-49-10-6-2)47-53-83-63(73)40-30-19-14-22-31-42-64(74)84-54-57(55-85-65(75)43-35-25-34-41-61(71)81-51-12-8-4)87-67(77)45-33-24-16-21-28-38-60(70)80-50-11-7-3/h56-57H,5-55H2,1-4H3. The van der Waals surface area contributed by atoms with Crippen LogP contribution >= 0.6 is 0 Å². The van der Waals surface area contributed by atoms with Crippen molar-refractivity contribution < 1.29 is 95.3 Å². The van der Waals surface area contributed by atoms with Gasteiger partial charge in [-0.1, -0.05) is 137 Å². The molecule has 0 N–H and O–H groups in total. The van der Waals surface area contributed by atoms with E-state index < -0.39 is 30.1 Å². The van der Waals surface area contributed by atoms with Crippen LogP contribution in [0.25, 0.3) is 0 Å². The first-order valence-electron chi connectivity index (χ1n) is 33.9. The van der Waals surface area contributed by atoms with Gasteiger partial charge in [-0.25, -0.2) is 0 Å². The highest BCUT2D eigenvalue weighted by molar-refractivity contribution is 5.73. The van der Waals surface area contributed by atoms with Crippen molar-refractivity contribution in [1.29, 1.82) is 0 Å². The summed E-state index contributed by atoms with van der Waals surface area (Å²) in [7, 11) is 0. The normalized spacial score (nSPS) is 11.6. The van der Waals surface area contributed by atoms with Crippen molar-refractivity contribution in [3.8, 4) is 0 Å². The highest BCUT2D eigenvalue weighted by Gasteiger charge is 2.21. The molecule has 0 aliphatic rings. The lowest BCUT2D eigenvalue weighted by Crippen LogP contribution is -2.30. The summed E-state index contributed by atoms with van der Waals surface area (Å²) in [6.45, 7) is 9.41. The van der Waals surface area contributed by atoms with Crippen molar-refractivity contribution >= 4 is 59.7 Å². The molecule has 0 spiro atoms. The molecule has 504 valence electrons. The molecule has 0 aliphatic heterocycles. The van der Waals surface area contributed by atoms with E-state index in [0.29, 0.717) is 110 Å². The molecular weight excluding hydrogens is 1120 g/mol. The third-order valence-corrected chi connectivity index (χ3v) is 14.2. The molecule has 0 aromatic carbocycles. The predicted octanol–water partition coefficient (Wildman–Crippen LogP) is 14.0. The lowest BCUT2D eigenvalue weighted by molar-refractivity contribution is -0.167. The Morgan fingerprint density at radius 3 is 0.632 bits per heavy atom. The van der Waals surface area contributed by atoms with Crippen molar-refractivity contribution in [3.63, 3.8) is 0 Å². The number of carbonyl (C=O) groups excluding carboxylic acids is 10. The molecule has 2 atom stereocenters. The van der Waals surface area contributed by atoms with E-state index in [1.165, 1.54) is 0 Å². The Kier molecular flexibility index (Phi) is 57.2. The number of hydrogen-bond donors (Lipinski definition) is 0. The number of esters is 10. The summed E-state index contributed by atoms with van der Waals surface area (Å²) in [6.07, 6.45) is 25.2. The van der Waals surface area contributed by atoms with Gasteiger partial charge in [0, 0.05) is 77.0 Å². The lowest BCUT2D eigenvalue weighted by atomic mass is 10.1. The number of carbonyl (C=O) groups is 10. The number of rotatable bonds is 62. The third kappa shape index (κ3) is 58.2. The fourth-order valence-electron chi connectivity index (χ4n) is 8.74. The largest absolute Gasteiger partial charge is 0.466 e. The molecule has 0 heterocycles. The van der Waals surface area contributed by atoms with Crippen molar-refractivity contribution in [3.05, 3.63) is 0 Å². The molecule has 2 unspecified atom stereocenters. The Bertz CT molecular complexity index is 1800. The predicted molar refractivity (Wildman–Crippen MR) is 329 cm³/mol. The Morgan fingerprint density at radius 2 is 0.391 bits per heavy atom. The van der Waals surface area contributed by atoms with Gasteiger partial charge in [-0.3, -0.25) is 47.9 Å². The third-order valence-electron chi connectivity index (χ3n) is 14.2. The van der Waals surface area contributed by atoms with Gasteiger partial charge in [0.2, 0.25) is 0 Å². The van der Waals surface area contributed by atoms with Crippen molar-refractivity contribution in [1.82, 2.24) is 0 Å². The topological polar surface area (TPSA) is 263 Å². The Hall–Kier alpha value is -5.30. The molecule has 0 aliphatic carbocycles. The van der Waals surface area contributed by atoms with Crippen LogP contribution in [-0.2, 0) is 95.3 Å². The van der Waals surface area contributed by atoms with Gasteiger partial charge in [-0.15, -0.1) is 0 Å². The second kappa shape index (κ2) is 61.0. The SMILES string of the molecule is CCCCOC(=O)CCCCCCCC(=O)OCCC(CCOC(=O)CCCCCCCC(=O)OCC(COC(=O)CCCCCC(=O)OCCCC)OC(=O)CCCCCCCC(=O)OCCCC)OC(=O)CCCCCCCC(=O)OCCCC. The summed E-state index contributed by atoms with van der Waals surface area (Å²) in [6, 6.07) is 0. The van der Waals surface area contributed by atoms with Crippen LogP contribution in [0.1, 0.15) is 304 Å². The van der Waals surface area contributed by atoms with E-state index in [1.54, 1.807) is 0 Å². The zero-order chi connectivity index (χ0) is 64.1. The first-order valence-corrected chi connectivity index (χ1v) is 33.9. The maximum atomic E-state index is 12.9. The van der Waals surface area contributed by atoms with E-state index in [9.17, 15) is 47.9 Å². The summed E-state index contributed by atoms with van der Waals surface area (Å²) >= 11 is 0. The zero-order valence-corrected chi connectivity index (χ0v) is 54.4. The van der Waals surface area contributed by atoms with E-state index in [-0.39, 0.29) is 126 Å². The average molecular weight is 1240 g/mol. The monoisotopic (exact) mass is 1240 g/mol. The van der Waals surface area contributed by atoms with Crippen LogP contribution in [0.2, 0.25) is 0 Å². The minimum Gasteiger partial charge on any atom is -0.466 e. The van der Waals surface area contributed by atoms with Crippen LogP contribution in [0.5, 0.6) is 0 Å². The fourth-order valence-corrected chi connectivity index (χ4v) is 8.74. The number of unbranched alkanes of at least 4 members (excludes halogenated alkanes) is 22. The number of hydrogen-bond acceptors (Lipinski definition) is 20. The molecule has 0 radical (unpaired) electrons. The van der Waals surface area contributed by atoms with Crippen LogP contribution in [0.15, 0.2) is 0 Å². The summed E-state index contributed by atoms with van der Waals surface area (Å²) in [4.78, 5) is 124. The van der Waals surface area contributed by atoms with Gasteiger partial charge in [0.1, 0.15) is 19.3 Å². The second-order valence-electron chi connectivity index (χ2n) is 22.5. The van der Waals surface area contributed by atoms with E-state index in [4.69, 9.17) is 47.4 Å². The van der Waals surface area contributed by atoms with E-state index in [1.807, 2.05) is 27.7 Å². The molecule has 0 bridgehead atoms. The van der Waals surface area contributed by atoms with Gasteiger partial charge in [-0.05, 0) is 89.9 Å². The number of ether oxygens (including phenoxy) is 10. The van der Waals surface area contributed by atoms with Crippen molar-refractivity contribution in [2.24, 2.45) is 0 Å². The van der Waals surface area contributed by atoms with Crippen LogP contribution in [0.3, 0.4) is 0 Å². The first kappa shape index (κ1) is 81.7. The van der Waals surface area contributed by atoms with Crippen LogP contribution in [0.4, 0.5) is 0 Å². The molecule has 0 aromatic rings. The van der Waals surface area contributed by atoms with Crippen molar-refractivity contribution in [2.75, 3.05) is 52.9 Å². The Morgan fingerprint density at radius 1 is 0.207 bits per heavy atom. The average Bonchev–Trinajstić information content (AvgIpc) is 3.54. The molecule has 87 heavy (non-hydrogen) atoms. The molecule has 20 nitrogen and oxygen atoms in total. The minimum atomic E-state index is -0.992. The molecule has 0 saturated carbocycles. The summed E-state index contributed by atoms with van der Waals surface area (Å²) in [5.74, 6) is -3.39. The summed E-state index contributed by atoms with van der Waals surface area (Å²) < 4.78 is 54.0. The van der Waals surface area contributed by atoms with E-state index in [2.05, 4.69) is 0 Å². The first-order chi connectivity index (χ1) is 42.2. The lowest BCUT2D eigenvalue weighted by Gasteiger charge is -2.18. The molecule has 20 heteroatoms. The Labute approximate surface area is 522 Å².